The minimum absolute atomic E-state index is 0.462. The van der Waals surface area contributed by atoms with E-state index in [2.05, 4.69) is 0 Å². The standard InChI is InChI=1S/C6H9F5/c7-3-5(4-8)1-2-6(9,10)11/h5H,1-4H2. The molecule has 0 heterocycles. The second-order valence-electron chi connectivity index (χ2n) is 2.33. The van der Waals surface area contributed by atoms with Crippen molar-refractivity contribution in [2.75, 3.05) is 13.3 Å². The van der Waals surface area contributed by atoms with Crippen molar-refractivity contribution < 1.29 is 22.0 Å². The number of rotatable bonds is 4. The molecule has 0 rings (SSSR count). The Hall–Kier alpha value is -0.350. The molecule has 0 spiro atoms. The van der Waals surface area contributed by atoms with Gasteiger partial charge in [0.05, 0.1) is 13.3 Å². The Bertz CT molecular complexity index is 93.6. The number of hydrogen-bond acceptors (Lipinski definition) is 0. The second-order valence-corrected chi connectivity index (χ2v) is 2.33. The first kappa shape index (κ1) is 10.7. The highest BCUT2D eigenvalue weighted by atomic mass is 19.4. The van der Waals surface area contributed by atoms with Crippen molar-refractivity contribution in [1.29, 1.82) is 0 Å². The summed E-state index contributed by atoms with van der Waals surface area (Å²) in [5.41, 5.74) is 0. The predicted octanol–water partition coefficient (Wildman–Crippen LogP) is 2.88. The van der Waals surface area contributed by atoms with E-state index in [0.717, 1.165) is 0 Å². The fourth-order valence-electron chi connectivity index (χ4n) is 0.563. The zero-order valence-electron chi connectivity index (χ0n) is 5.80. The zero-order chi connectivity index (χ0) is 8.91. The molecule has 68 valence electrons. The van der Waals surface area contributed by atoms with Crippen LogP contribution >= 0.6 is 0 Å². The van der Waals surface area contributed by atoms with Crippen molar-refractivity contribution in [1.82, 2.24) is 0 Å². The number of alkyl halides is 5. The Balaban J connectivity index is 3.51. The van der Waals surface area contributed by atoms with Crippen molar-refractivity contribution in [3.63, 3.8) is 0 Å². The van der Waals surface area contributed by atoms with Crippen molar-refractivity contribution in [2.24, 2.45) is 5.92 Å². The average molecular weight is 176 g/mol. The second kappa shape index (κ2) is 4.51. The van der Waals surface area contributed by atoms with Gasteiger partial charge in [-0.3, -0.25) is 8.78 Å². The van der Waals surface area contributed by atoms with Crippen molar-refractivity contribution >= 4 is 0 Å². The van der Waals surface area contributed by atoms with E-state index >= 15 is 0 Å². The highest BCUT2D eigenvalue weighted by Gasteiger charge is 2.28. The van der Waals surface area contributed by atoms with Crippen LogP contribution in [0.1, 0.15) is 12.8 Å². The van der Waals surface area contributed by atoms with Gasteiger partial charge < -0.3 is 0 Å². The van der Waals surface area contributed by atoms with Crippen LogP contribution in [0.3, 0.4) is 0 Å². The Morgan fingerprint density at radius 3 is 1.73 bits per heavy atom. The Morgan fingerprint density at radius 1 is 1.00 bits per heavy atom. The first-order valence-electron chi connectivity index (χ1n) is 3.18. The van der Waals surface area contributed by atoms with E-state index in [4.69, 9.17) is 0 Å². The summed E-state index contributed by atoms with van der Waals surface area (Å²) in [5, 5.41) is 0. The summed E-state index contributed by atoms with van der Waals surface area (Å²) >= 11 is 0. The van der Waals surface area contributed by atoms with Crippen LogP contribution in [0.4, 0.5) is 22.0 Å². The minimum atomic E-state index is -4.30. The first-order valence-corrected chi connectivity index (χ1v) is 3.18. The normalized spacial score (nSPS) is 12.5. The molecule has 0 aromatic heterocycles. The molecule has 0 aliphatic heterocycles. The lowest BCUT2D eigenvalue weighted by molar-refractivity contribution is -0.138. The molecule has 11 heavy (non-hydrogen) atoms. The topological polar surface area (TPSA) is 0 Å². The fraction of sp³-hybridized carbons (Fsp3) is 1.00. The summed E-state index contributed by atoms with van der Waals surface area (Å²) in [6, 6.07) is 0. The molecule has 0 nitrogen and oxygen atoms in total. The van der Waals surface area contributed by atoms with E-state index < -0.39 is 38.3 Å². The third kappa shape index (κ3) is 6.06. The molecule has 0 aliphatic rings. The molecule has 0 saturated carbocycles. The highest BCUT2D eigenvalue weighted by molar-refractivity contribution is 4.59. The molecule has 0 radical (unpaired) electrons. The summed E-state index contributed by atoms with van der Waals surface area (Å²) in [6.07, 6.45) is -5.87. The molecule has 0 unspecified atom stereocenters. The van der Waals surface area contributed by atoms with Crippen LogP contribution in [0.5, 0.6) is 0 Å². The van der Waals surface area contributed by atoms with E-state index in [1.165, 1.54) is 0 Å². The summed E-state index contributed by atoms with van der Waals surface area (Å²) in [4.78, 5) is 0. The Morgan fingerprint density at radius 2 is 1.45 bits per heavy atom. The van der Waals surface area contributed by atoms with Crippen molar-refractivity contribution in [2.45, 2.75) is 19.0 Å². The van der Waals surface area contributed by atoms with Crippen LogP contribution in [0, 0.1) is 5.92 Å². The van der Waals surface area contributed by atoms with E-state index in [1.54, 1.807) is 0 Å². The third-order valence-corrected chi connectivity index (χ3v) is 1.27. The Labute approximate surface area is 61.4 Å². The van der Waals surface area contributed by atoms with Gasteiger partial charge in [-0.1, -0.05) is 0 Å². The molecule has 0 N–H and O–H groups in total. The molecule has 0 amide bonds. The van der Waals surface area contributed by atoms with Crippen LogP contribution in [0.25, 0.3) is 0 Å². The molecular weight excluding hydrogens is 167 g/mol. The Kier molecular flexibility index (Phi) is 4.37. The smallest absolute Gasteiger partial charge is 0.251 e. The maximum atomic E-state index is 11.6. The van der Waals surface area contributed by atoms with Crippen LogP contribution in [0.2, 0.25) is 0 Å². The van der Waals surface area contributed by atoms with Crippen molar-refractivity contribution in [3.05, 3.63) is 0 Å². The zero-order valence-corrected chi connectivity index (χ0v) is 5.80. The summed E-state index contributed by atoms with van der Waals surface area (Å²) in [5.74, 6) is -1.09. The van der Waals surface area contributed by atoms with E-state index in [9.17, 15) is 22.0 Å². The quantitative estimate of drug-likeness (QED) is 0.578. The molecule has 0 aromatic rings. The van der Waals surface area contributed by atoms with E-state index in [1.807, 2.05) is 0 Å². The highest BCUT2D eigenvalue weighted by Crippen LogP contribution is 2.24. The average Bonchev–Trinajstić information content (AvgIpc) is 1.88. The maximum absolute atomic E-state index is 11.6. The van der Waals surface area contributed by atoms with Crippen LogP contribution in [0.15, 0.2) is 0 Å². The molecule has 0 fully saturated rings. The lowest BCUT2D eigenvalue weighted by Crippen LogP contribution is -2.13. The van der Waals surface area contributed by atoms with Gasteiger partial charge in [0.25, 0.3) is 0 Å². The summed E-state index contributed by atoms with van der Waals surface area (Å²) in [6.45, 7) is -2.04. The van der Waals surface area contributed by atoms with E-state index in [0.29, 0.717) is 0 Å². The molecule has 0 atom stereocenters. The van der Waals surface area contributed by atoms with Gasteiger partial charge in [0.2, 0.25) is 0 Å². The van der Waals surface area contributed by atoms with Crippen LogP contribution in [-0.2, 0) is 0 Å². The van der Waals surface area contributed by atoms with E-state index in [-0.39, 0.29) is 0 Å². The first-order chi connectivity index (χ1) is 4.99. The van der Waals surface area contributed by atoms with Crippen LogP contribution < -0.4 is 0 Å². The third-order valence-electron chi connectivity index (χ3n) is 1.27. The molecule has 0 aromatic carbocycles. The monoisotopic (exact) mass is 176 g/mol. The van der Waals surface area contributed by atoms with Crippen LogP contribution in [-0.4, -0.2) is 19.5 Å². The molecular formula is C6H9F5. The van der Waals surface area contributed by atoms with Gasteiger partial charge in [-0.15, -0.1) is 0 Å². The lowest BCUT2D eigenvalue weighted by Gasteiger charge is -2.09. The minimum Gasteiger partial charge on any atom is -0.251 e. The van der Waals surface area contributed by atoms with Crippen molar-refractivity contribution in [3.8, 4) is 0 Å². The molecule has 0 saturated heterocycles. The maximum Gasteiger partial charge on any atom is 0.389 e. The largest absolute Gasteiger partial charge is 0.389 e. The number of hydrogen-bond donors (Lipinski definition) is 0. The molecule has 0 aliphatic carbocycles. The predicted molar refractivity (Wildman–Crippen MR) is 30.7 cm³/mol. The van der Waals surface area contributed by atoms with Gasteiger partial charge in [-0.2, -0.15) is 13.2 Å². The lowest BCUT2D eigenvalue weighted by atomic mass is 10.1. The summed E-state index contributed by atoms with van der Waals surface area (Å²) < 4.78 is 57.6. The van der Waals surface area contributed by atoms with Gasteiger partial charge in [-0.25, -0.2) is 0 Å². The van der Waals surface area contributed by atoms with Gasteiger partial charge in [0, 0.05) is 12.3 Å². The van der Waals surface area contributed by atoms with Gasteiger partial charge in [0.1, 0.15) is 0 Å². The molecule has 0 bridgehead atoms. The van der Waals surface area contributed by atoms with Gasteiger partial charge in [0.15, 0.2) is 0 Å². The fourth-order valence-corrected chi connectivity index (χ4v) is 0.563. The van der Waals surface area contributed by atoms with Gasteiger partial charge >= 0.3 is 6.18 Å². The SMILES string of the molecule is FCC(CF)CCC(F)(F)F. The van der Waals surface area contributed by atoms with Gasteiger partial charge in [-0.05, 0) is 6.42 Å². The number of halogens is 5. The summed E-state index contributed by atoms with van der Waals surface area (Å²) in [7, 11) is 0. The molecule has 5 heteroatoms.